The number of carbonyl (C=O) groups is 1. The lowest BCUT2D eigenvalue weighted by molar-refractivity contribution is -0.394. The third-order valence-electron chi connectivity index (χ3n) is 3.87. The molecule has 0 N–H and O–H groups in total. The maximum absolute atomic E-state index is 11.2. The minimum atomic E-state index is -0.667. The summed E-state index contributed by atoms with van der Waals surface area (Å²) in [5, 5.41) is 22.0. The van der Waals surface area contributed by atoms with Crippen LogP contribution in [-0.4, -0.2) is 16.1 Å². The highest BCUT2D eigenvalue weighted by atomic mass is 16.6. The number of nitrogens with zero attached hydrogens (tertiary/aromatic N) is 2. The van der Waals surface area contributed by atoms with Crippen molar-refractivity contribution in [2.75, 3.05) is 0 Å². The molecule has 0 aliphatic heterocycles. The highest BCUT2D eigenvalue weighted by Crippen LogP contribution is 2.31. The van der Waals surface area contributed by atoms with Crippen LogP contribution in [0.25, 0.3) is 0 Å². The SMILES string of the molecule is Cc1ccc([C@H](CC=O)Cc2ccc([N+](=O)[O-])cc2[N+](=O)[O-])cc1. The lowest BCUT2D eigenvalue weighted by Gasteiger charge is -2.15. The van der Waals surface area contributed by atoms with Crippen molar-refractivity contribution in [3.63, 3.8) is 0 Å². The van der Waals surface area contributed by atoms with Crippen molar-refractivity contribution >= 4 is 17.7 Å². The molecule has 7 heteroatoms. The Balaban J connectivity index is 2.38. The Kier molecular flexibility index (Phi) is 5.36. The number of rotatable bonds is 7. The van der Waals surface area contributed by atoms with Gasteiger partial charge in [0.15, 0.2) is 0 Å². The number of benzene rings is 2. The first kappa shape index (κ1) is 17.3. The van der Waals surface area contributed by atoms with Crippen LogP contribution in [0.5, 0.6) is 0 Å². The summed E-state index contributed by atoms with van der Waals surface area (Å²) in [4.78, 5) is 31.7. The van der Waals surface area contributed by atoms with Crippen molar-refractivity contribution in [3.05, 3.63) is 79.4 Å². The quantitative estimate of drug-likeness (QED) is 0.437. The number of nitro groups is 2. The van der Waals surface area contributed by atoms with Crippen molar-refractivity contribution < 1.29 is 14.6 Å². The normalized spacial score (nSPS) is 11.7. The number of non-ortho nitro benzene ring substituents is 1. The lowest BCUT2D eigenvalue weighted by Crippen LogP contribution is -2.06. The second-order valence-electron chi connectivity index (χ2n) is 5.54. The van der Waals surface area contributed by atoms with Crippen molar-refractivity contribution in [2.24, 2.45) is 0 Å². The average Bonchev–Trinajstić information content (AvgIpc) is 2.55. The summed E-state index contributed by atoms with van der Waals surface area (Å²) in [6, 6.07) is 11.2. The fourth-order valence-corrected chi connectivity index (χ4v) is 2.57. The molecule has 2 rings (SSSR count). The Labute approximate surface area is 138 Å². The molecule has 0 aliphatic carbocycles. The van der Waals surface area contributed by atoms with Crippen molar-refractivity contribution in [3.8, 4) is 0 Å². The van der Waals surface area contributed by atoms with Crippen LogP contribution in [0.1, 0.15) is 29.0 Å². The molecule has 2 aromatic carbocycles. The molecule has 24 heavy (non-hydrogen) atoms. The van der Waals surface area contributed by atoms with Gasteiger partial charge in [-0.1, -0.05) is 29.8 Å². The molecule has 0 unspecified atom stereocenters. The third-order valence-corrected chi connectivity index (χ3v) is 3.87. The molecule has 0 amide bonds. The van der Waals surface area contributed by atoms with Gasteiger partial charge in [-0.15, -0.1) is 0 Å². The van der Waals surface area contributed by atoms with Gasteiger partial charge < -0.3 is 4.79 Å². The number of carbonyl (C=O) groups excluding carboxylic acids is 1. The molecule has 0 saturated carbocycles. The lowest BCUT2D eigenvalue weighted by atomic mass is 9.88. The maximum atomic E-state index is 11.2. The zero-order valence-corrected chi connectivity index (χ0v) is 13.0. The summed E-state index contributed by atoms with van der Waals surface area (Å²) in [5.74, 6) is -0.219. The molecule has 0 heterocycles. The van der Waals surface area contributed by atoms with Gasteiger partial charge in [0.05, 0.1) is 15.9 Å². The first-order valence-electron chi connectivity index (χ1n) is 7.34. The Morgan fingerprint density at radius 1 is 1.04 bits per heavy atom. The van der Waals surface area contributed by atoms with E-state index in [9.17, 15) is 25.0 Å². The second kappa shape index (κ2) is 7.45. The molecule has 1 atom stereocenters. The maximum Gasteiger partial charge on any atom is 0.279 e. The van der Waals surface area contributed by atoms with Gasteiger partial charge in [0, 0.05) is 18.1 Å². The second-order valence-corrected chi connectivity index (χ2v) is 5.54. The summed E-state index contributed by atoms with van der Waals surface area (Å²) in [6.07, 6.45) is 1.26. The van der Waals surface area contributed by atoms with Crippen LogP contribution in [0.2, 0.25) is 0 Å². The molecule has 7 nitrogen and oxygen atoms in total. The molecule has 0 radical (unpaired) electrons. The molecular formula is C17H16N2O5. The molecule has 0 spiro atoms. The topological polar surface area (TPSA) is 103 Å². The van der Waals surface area contributed by atoms with E-state index in [0.29, 0.717) is 5.56 Å². The van der Waals surface area contributed by atoms with Crippen LogP contribution in [0, 0.1) is 27.2 Å². The highest BCUT2D eigenvalue weighted by molar-refractivity contribution is 5.54. The number of hydrogen-bond donors (Lipinski definition) is 0. The minimum Gasteiger partial charge on any atom is -0.303 e. The smallest absolute Gasteiger partial charge is 0.279 e. The molecule has 0 aliphatic rings. The number of hydrogen-bond acceptors (Lipinski definition) is 5. The van der Waals surface area contributed by atoms with Gasteiger partial charge in [0.1, 0.15) is 6.29 Å². The Bertz CT molecular complexity index is 771. The predicted octanol–water partition coefficient (Wildman–Crippen LogP) is 3.73. The molecule has 124 valence electrons. The first-order valence-corrected chi connectivity index (χ1v) is 7.34. The van der Waals surface area contributed by atoms with Crippen LogP contribution in [0.15, 0.2) is 42.5 Å². The predicted molar refractivity (Wildman–Crippen MR) is 88.1 cm³/mol. The monoisotopic (exact) mass is 328 g/mol. The van der Waals surface area contributed by atoms with E-state index in [1.807, 2.05) is 31.2 Å². The van der Waals surface area contributed by atoms with E-state index in [4.69, 9.17) is 0 Å². The van der Waals surface area contributed by atoms with Crippen molar-refractivity contribution in [1.29, 1.82) is 0 Å². The average molecular weight is 328 g/mol. The molecule has 0 bridgehead atoms. The van der Waals surface area contributed by atoms with E-state index in [0.717, 1.165) is 23.5 Å². The van der Waals surface area contributed by atoms with Gasteiger partial charge >= 0.3 is 0 Å². The van der Waals surface area contributed by atoms with Crippen molar-refractivity contribution in [2.45, 2.75) is 25.7 Å². The fraction of sp³-hybridized carbons (Fsp3) is 0.235. The van der Waals surface area contributed by atoms with E-state index < -0.39 is 9.85 Å². The van der Waals surface area contributed by atoms with E-state index in [1.54, 1.807) is 0 Å². The Hall–Kier alpha value is -3.09. The fourth-order valence-electron chi connectivity index (χ4n) is 2.57. The van der Waals surface area contributed by atoms with Gasteiger partial charge in [-0.25, -0.2) is 0 Å². The zero-order chi connectivity index (χ0) is 17.7. The third kappa shape index (κ3) is 4.01. The zero-order valence-electron chi connectivity index (χ0n) is 13.0. The summed E-state index contributed by atoms with van der Waals surface area (Å²) in [5.41, 5.74) is 1.73. The molecule has 2 aromatic rings. The van der Waals surface area contributed by atoms with Crippen LogP contribution in [0.4, 0.5) is 11.4 Å². The minimum absolute atomic E-state index is 0.219. The van der Waals surface area contributed by atoms with Crippen LogP contribution in [-0.2, 0) is 11.2 Å². The number of aldehydes is 1. The van der Waals surface area contributed by atoms with Crippen LogP contribution < -0.4 is 0 Å². The summed E-state index contributed by atoms with van der Waals surface area (Å²) in [6.45, 7) is 1.94. The molecule has 0 fully saturated rings. The van der Waals surface area contributed by atoms with Gasteiger partial charge in [-0.05, 0) is 30.9 Å². The van der Waals surface area contributed by atoms with E-state index in [1.165, 1.54) is 12.1 Å². The van der Waals surface area contributed by atoms with Gasteiger partial charge in [0.2, 0.25) is 0 Å². The molecule has 0 aromatic heterocycles. The van der Waals surface area contributed by atoms with E-state index in [2.05, 4.69) is 0 Å². The first-order chi connectivity index (χ1) is 11.4. The Morgan fingerprint density at radius 3 is 2.25 bits per heavy atom. The van der Waals surface area contributed by atoms with Gasteiger partial charge in [-0.2, -0.15) is 0 Å². The van der Waals surface area contributed by atoms with Gasteiger partial charge in [-0.3, -0.25) is 20.2 Å². The summed E-state index contributed by atoms with van der Waals surface area (Å²) in [7, 11) is 0. The summed E-state index contributed by atoms with van der Waals surface area (Å²) >= 11 is 0. The van der Waals surface area contributed by atoms with Crippen LogP contribution >= 0.6 is 0 Å². The van der Waals surface area contributed by atoms with Gasteiger partial charge in [0.25, 0.3) is 11.4 Å². The van der Waals surface area contributed by atoms with Crippen LogP contribution in [0.3, 0.4) is 0 Å². The largest absolute Gasteiger partial charge is 0.303 e. The van der Waals surface area contributed by atoms with E-state index in [-0.39, 0.29) is 30.1 Å². The summed E-state index contributed by atoms with van der Waals surface area (Å²) < 4.78 is 0. The standard InChI is InChI=1S/C17H16N2O5/c1-12-2-4-13(5-3-12)14(8-9-20)10-15-6-7-16(18(21)22)11-17(15)19(23)24/h2-7,9,11,14H,8,10H2,1H3/t14-/m1/s1. The highest BCUT2D eigenvalue weighted by Gasteiger charge is 2.22. The molecule has 0 saturated heterocycles. The molecular weight excluding hydrogens is 312 g/mol. The Morgan fingerprint density at radius 2 is 1.71 bits per heavy atom. The van der Waals surface area contributed by atoms with E-state index >= 15 is 0 Å². The number of aryl methyl sites for hydroxylation is 1. The number of nitro benzene ring substituents is 2. The van der Waals surface area contributed by atoms with Crippen molar-refractivity contribution in [1.82, 2.24) is 0 Å².